The van der Waals surface area contributed by atoms with E-state index in [9.17, 15) is 0 Å². The van der Waals surface area contributed by atoms with Crippen molar-refractivity contribution in [2.75, 3.05) is 0 Å². The maximum Gasteiger partial charge on any atom is 0.0390 e. The molecule has 0 aliphatic heterocycles. The van der Waals surface area contributed by atoms with Crippen LogP contribution in [0.3, 0.4) is 0 Å². The van der Waals surface area contributed by atoms with Gasteiger partial charge in [0, 0.05) is 15.2 Å². The minimum absolute atomic E-state index is 0.189. The molecule has 0 saturated heterocycles. The summed E-state index contributed by atoms with van der Waals surface area (Å²) in [5.74, 6) is 0. The van der Waals surface area contributed by atoms with Crippen LogP contribution in [-0.4, -0.2) is 0 Å². The summed E-state index contributed by atoms with van der Waals surface area (Å²) in [7, 11) is 0. The first-order valence-corrected chi connectivity index (χ1v) is 9.55. The predicted octanol–water partition coefficient (Wildman–Crippen LogP) is 6.06. The maximum absolute atomic E-state index is 2.42. The van der Waals surface area contributed by atoms with Crippen LogP contribution >= 0.6 is 11.3 Å². The molecule has 0 unspecified atom stereocenters. The quantitative estimate of drug-likeness (QED) is 0.554. The highest BCUT2D eigenvalue weighted by molar-refractivity contribution is 7.14. The van der Waals surface area contributed by atoms with Gasteiger partial charge in [0.25, 0.3) is 0 Å². The van der Waals surface area contributed by atoms with Crippen molar-refractivity contribution in [2.45, 2.75) is 51.9 Å². The minimum atomic E-state index is 0.189. The molecule has 2 aromatic rings. The van der Waals surface area contributed by atoms with Crippen molar-refractivity contribution in [3.63, 3.8) is 0 Å². The van der Waals surface area contributed by atoms with Gasteiger partial charge in [0.15, 0.2) is 0 Å². The second-order valence-corrected chi connectivity index (χ2v) is 8.77. The normalized spacial score (nSPS) is 20.1. The van der Waals surface area contributed by atoms with Gasteiger partial charge in [-0.1, -0.05) is 49.3 Å². The lowest BCUT2D eigenvalue weighted by Gasteiger charge is -2.27. The number of aryl methyl sites for hydroxylation is 1. The lowest BCUT2D eigenvalue weighted by Crippen LogP contribution is -2.19. The smallest absolute Gasteiger partial charge is 0.0390 e. The fraction of sp³-hybridized carbons (Fsp3) is 0.364. The van der Waals surface area contributed by atoms with Crippen LogP contribution in [0.5, 0.6) is 0 Å². The Morgan fingerprint density at radius 2 is 1.91 bits per heavy atom. The van der Waals surface area contributed by atoms with Crippen LogP contribution in [0, 0.1) is 6.92 Å². The first kappa shape index (κ1) is 13.8. The third-order valence-electron chi connectivity index (χ3n) is 6.00. The van der Waals surface area contributed by atoms with Crippen molar-refractivity contribution in [3.05, 3.63) is 67.4 Å². The topological polar surface area (TPSA) is 0 Å². The van der Waals surface area contributed by atoms with E-state index >= 15 is 0 Å². The SMILES string of the molecule is Cc1ccc2c(c1)C(C)(C)C1=C2c2sc3c(c2CC1)CCC=C3. The molecule has 0 atom stereocenters. The molecule has 0 bridgehead atoms. The van der Waals surface area contributed by atoms with Gasteiger partial charge in [-0.2, -0.15) is 0 Å². The lowest BCUT2D eigenvalue weighted by atomic mass is 9.77. The Hall–Kier alpha value is -1.60. The van der Waals surface area contributed by atoms with Gasteiger partial charge in [-0.3, -0.25) is 0 Å². The van der Waals surface area contributed by atoms with Gasteiger partial charge in [-0.25, -0.2) is 0 Å². The molecule has 116 valence electrons. The summed E-state index contributed by atoms with van der Waals surface area (Å²) in [6.07, 6.45) is 9.63. The van der Waals surface area contributed by atoms with Gasteiger partial charge >= 0.3 is 0 Å². The molecule has 0 fully saturated rings. The van der Waals surface area contributed by atoms with E-state index in [1.165, 1.54) is 47.3 Å². The Balaban J connectivity index is 1.81. The Kier molecular flexibility index (Phi) is 2.69. The Labute approximate surface area is 142 Å². The van der Waals surface area contributed by atoms with Crippen molar-refractivity contribution >= 4 is 23.0 Å². The third kappa shape index (κ3) is 1.72. The Morgan fingerprint density at radius 1 is 1.04 bits per heavy atom. The van der Waals surface area contributed by atoms with E-state index in [0.29, 0.717) is 0 Å². The number of hydrogen-bond acceptors (Lipinski definition) is 1. The molecule has 1 heterocycles. The summed E-state index contributed by atoms with van der Waals surface area (Å²) < 4.78 is 0. The highest BCUT2D eigenvalue weighted by atomic mass is 32.1. The minimum Gasteiger partial charge on any atom is -0.135 e. The average molecular weight is 318 g/mol. The van der Waals surface area contributed by atoms with E-state index in [-0.39, 0.29) is 5.41 Å². The second-order valence-electron chi connectivity index (χ2n) is 7.72. The number of hydrogen-bond donors (Lipinski definition) is 0. The molecule has 1 heteroatoms. The zero-order chi connectivity index (χ0) is 15.8. The largest absolute Gasteiger partial charge is 0.135 e. The van der Waals surface area contributed by atoms with Crippen LogP contribution in [0.25, 0.3) is 11.6 Å². The molecule has 0 N–H and O–H groups in total. The molecule has 5 rings (SSSR count). The van der Waals surface area contributed by atoms with Crippen LogP contribution in [0.15, 0.2) is 29.8 Å². The molecule has 1 aromatic heterocycles. The highest BCUT2D eigenvalue weighted by Gasteiger charge is 2.41. The first-order valence-electron chi connectivity index (χ1n) is 8.74. The fourth-order valence-electron chi connectivity index (χ4n) is 4.79. The molecule has 0 amide bonds. The lowest BCUT2D eigenvalue weighted by molar-refractivity contribution is 0.603. The molecule has 0 saturated carbocycles. The van der Waals surface area contributed by atoms with E-state index in [2.05, 4.69) is 51.1 Å². The summed E-state index contributed by atoms with van der Waals surface area (Å²) in [5.41, 5.74) is 11.2. The highest BCUT2D eigenvalue weighted by Crippen LogP contribution is 2.55. The number of rotatable bonds is 0. The first-order chi connectivity index (χ1) is 11.1. The monoisotopic (exact) mass is 318 g/mol. The Bertz CT molecular complexity index is 902. The van der Waals surface area contributed by atoms with Crippen LogP contribution < -0.4 is 0 Å². The van der Waals surface area contributed by atoms with Gasteiger partial charge in [0.05, 0.1) is 0 Å². The van der Waals surface area contributed by atoms with E-state index in [1.807, 2.05) is 11.3 Å². The van der Waals surface area contributed by atoms with E-state index in [1.54, 1.807) is 27.2 Å². The number of benzene rings is 1. The maximum atomic E-state index is 2.42. The van der Waals surface area contributed by atoms with Gasteiger partial charge in [-0.15, -0.1) is 11.3 Å². The van der Waals surface area contributed by atoms with Gasteiger partial charge in [-0.05, 0) is 66.5 Å². The molecule has 0 spiro atoms. The van der Waals surface area contributed by atoms with Gasteiger partial charge < -0.3 is 0 Å². The van der Waals surface area contributed by atoms with Gasteiger partial charge in [0.1, 0.15) is 0 Å². The fourth-order valence-corrected chi connectivity index (χ4v) is 6.21. The molecule has 0 nitrogen and oxygen atoms in total. The van der Waals surface area contributed by atoms with E-state index in [4.69, 9.17) is 0 Å². The van der Waals surface area contributed by atoms with Crippen molar-refractivity contribution < 1.29 is 0 Å². The zero-order valence-corrected chi connectivity index (χ0v) is 14.9. The average Bonchev–Trinajstić information content (AvgIpc) is 3.02. The van der Waals surface area contributed by atoms with E-state index in [0.717, 1.165) is 0 Å². The van der Waals surface area contributed by atoms with Crippen LogP contribution in [0.1, 0.15) is 64.3 Å². The van der Waals surface area contributed by atoms with Crippen molar-refractivity contribution in [3.8, 4) is 0 Å². The summed E-state index contributed by atoms with van der Waals surface area (Å²) >= 11 is 2.04. The molecule has 3 aliphatic rings. The molecule has 23 heavy (non-hydrogen) atoms. The Morgan fingerprint density at radius 3 is 2.78 bits per heavy atom. The van der Waals surface area contributed by atoms with Crippen LogP contribution in [0.2, 0.25) is 0 Å². The summed E-state index contributed by atoms with van der Waals surface area (Å²) in [6, 6.07) is 7.08. The van der Waals surface area contributed by atoms with Crippen molar-refractivity contribution in [2.24, 2.45) is 0 Å². The molecular formula is C22H22S. The molecule has 3 aliphatic carbocycles. The number of fused-ring (bicyclic) bond motifs is 6. The van der Waals surface area contributed by atoms with Crippen molar-refractivity contribution in [1.29, 1.82) is 0 Å². The number of thiophene rings is 1. The zero-order valence-electron chi connectivity index (χ0n) is 14.1. The predicted molar refractivity (Wildman–Crippen MR) is 100 cm³/mol. The second kappa shape index (κ2) is 4.48. The van der Waals surface area contributed by atoms with Crippen LogP contribution in [0.4, 0.5) is 0 Å². The third-order valence-corrected chi connectivity index (χ3v) is 7.26. The summed E-state index contributed by atoms with van der Waals surface area (Å²) in [5, 5.41) is 0. The summed E-state index contributed by atoms with van der Waals surface area (Å²) in [4.78, 5) is 3.10. The molecular weight excluding hydrogens is 296 g/mol. The summed E-state index contributed by atoms with van der Waals surface area (Å²) in [6.45, 7) is 7.06. The van der Waals surface area contributed by atoms with E-state index < -0.39 is 0 Å². The molecule has 0 radical (unpaired) electrons. The standard InChI is InChI=1S/C22H22S/c1-13-8-9-16-18(12-13)22(2,3)17-11-10-15-14-6-4-5-7-19(14)23-21(15)20(16)17/h5,7-9,12H,4,6,10-11H2,1-3H3. The van der Waals surface area contributed by atoms with Gasteiger partial charge in [0.2, 0.25) is 0 Å². The van der Waals surface area contributed by atoms with Crippen LogP contribution in [-0.2, 0) is 18.3 Å². The number of allylic oxidation sites excluding steroid dienone is 2. The molecule has 1 aromatic carbocycles. The van der Waals surface area contributed by atoms with Crippen molar-refractivity contribution in [1.82, 2.24) is 0 Å².